The van der Waals surface area contributed by atoms with Crippen molar-refractivity contribution in [2.45, 2.75) is 6.42 Å². The summed E-state index contributed by atoms with van der Waals surface area (Å²) in [7, 11) is 0. The third-order valence-electron chi connectivity index (χ3n) is 5.67. The van der Waals surface area contributed by atoms with Gasteiger partial charge in [0.15, 0.2) is 0 Å². The lowest BCUT2D eigenvalue weighted by Gasteiger charge is -2.27. The summed E-state index contributed by atoms with van der Waals surface area (Å²) in [6, 6.07) is 14.3. The molecule has 2 aromatic heterocycles. The molecule has 4 aromatic rings. The van der Waals surface area contributed by atoms with Gasteiger partial charge in [-0.25, -0.2) is 4.39 Å². The highest BCUT2D eigenvalue weighted by molar-refractivity contribution is 6.31. The predicted molar refractivity (Wildman–Crippen MR) is 128 cm³/mol. The van der Waals surface area contributed by atoms with Crippen LogP contribution in [0.25, 0.3) is 22.2 Å². The first-order chi connectivity index (χ1) is 16.1. The summed E-state index contributed by atoms with van der Waals surface area (Å²) in [6.45, 7) is 2.61. The molecule has 7 nitrogen and oxygen atoms in total. The van der Waals surface area contributed by atoms with Crippen LogP contribution in [0.4, 0.5) is 15.8 Å². The summed E-state index contributed by atoms with van der Waals surface area (Å²) >= 11 is 6.12. The van der Waals surface area contributed by atoms with Crippen LogP contribution in [0.1, 0.15) is 16.9 Å². The summed E-state index contributed by atoms with van der Waals surface area (Å²) in [4.78, 5) is 19.0. The lowest BCUT2D eigenvalue weighted by atomic mass is 10.1. The number of pyridine rings is 1. The number of aromatic nitrogens is 3. The second-order valence-corrected chi connectivity index (χ2v) is 8.25. The molecule has 0 saturated heterocycles. The number of anilines is 2. The van der Waals surface area contributed by atoms with E-state index in [1.54, 1.807) is 24.4 Å². The minimum absolute atomic E-state index is 0.0754. The fourth-order valence-electron chi connectivity index (χ4n) is 3.98. The molecule has 4 bridgehead atoms. The first kappa shape index (κ1) is 21.4. The van der Waals surface area contributed by atoms with Crippen LogP contribution in [0.2, 0.25) is 5.02 Å². The molecule has 2 aromatic carbocycles. The Labute approximate surface area is 195 Å². The summed E-state index contributed by atoms with van der Waals surface area (Å²) < 4.78 is 13.9. The number of carbonyl (C=O) groups is 1. The van der Waals surface area contributed by atoms with Crippen molar-refractivity contribution in [3.8, 4) is 11.3 Å². The molecule has 0 saturated carbocycles. The molecule has 5 rings (SSSR count). The highest BCUT2D eigenvalue weighted by Gasteiger charge is 2.17. The van der Waals surface area contributed by atoms with Crippen LogP contribution in [-0.2, 0) is 0 Å². The quantitative estimate of drug-likeness (QED) is 0.391. The maximum absolute atomic E-state index is 13.9. The normalized spacial score (nSPS) is 15.1. The molecular formula is C24H22ClFN6O. The molecule has 168 valence electrons. The molecule has 1 aliphatic rings. The van der Waals surface area contributed by atoms with E-state index in [1.807, 2.05) is 24.3 Å². The number of nitrogens with one attached hydrogen (secondary N) is 3. The fraction of sp³-hybridized carbons (Fsp3) is 0.208. The van der Waals surface area contributed by atoms with E-state index in [4.69, 9.17) is 11.6 Å². The van der Waals surface area contributed by atoms with Gasteiger partial charge in [-0.1, -0.05) is 17.7 Å². The average Bonchev–Trinajstić information content (AvgIpc) is 3.32. The van der Waals surface area contributed by atoms with E-state index in [0.717, 1.165) is 40.8 Å². The van der Waals surface area contributed by atoms with Crippen molar-refractivity contribution in [1.82, 2.24) is 25.8 Å². The summed E-state index contributed by atoms with van der Waals surface area (Å²) in [5, 5.41) is 14.5. The van der Waals surface area contributed by atoms with Crippen LogP contribution in [0, 0.1) is 5.82 Å². The Morgan fingerprint density at radius 3 is 2.82 bits per heavy atom. The number of amides is 1. The van der Waals surface area contributed by atoms with Gasteiger partial charge in [0.2, 0.25) is 0 Å². The van der Waals surface area contributed by atoms with Crippen LogP contribution in [0.3, 0.4) is 0 Å². The zero-order valence-electron chi connectivity index (χ0n) is 17.7. The summed E-state index contributed by atoms with van der Waals surface area (Å²) in [5.74, 6) is -0.630. The van der Waals surface area contributed by atoms with Gasteiger partial charge >= 0.3 is 0 Å². The van der Waals surface area contributed by atoms with Gasteiger partial charge in [0.05, 0.1) is 21.9 Å². The standard InChI is InChI=1S/C24H22ClFN6O/c25-18-13-16(3-4-19(18)26)32-11-10-27-7-1-8-29-24(33)22-14-21(30-31-22)15-2-5-20-17(12-15)23(32)6-9-28-20/h2-6,9,12-14,27H,1,7-8,10-11H2,(H,29,33)(H,30,31). The molecule has 0 spiro atoms. The fourth-order valence-corrected chi connectivity index (χ4v) is 4.16. The van der Waals surface area contributed by atoms with Crippen molar-refractivity contribution < 1.29 is 9.18 Å². The van der Waals surface area contributed by atoms with Crippen molar-refractivity contribution in [3.63, 3.8) is 0 Å². The van der Waals surface area contributed by atoms with Gasteiger partial charge in [0, 0.05) is 42.5 Å². The molecule has 1 aliphatic heterocycles. The maximum Gasteiger partial charge on any atom is 0.269 e. The Kier molecular flexibility index (Phi) is 5.93. The predicted octanol–water partition coefficient (Wildman–Crippen LogP) is 4.28. The minimum atomic E-state index is -0.453. The molecule has 33 heavy (non-hydrogen) atoms. The first-order valence-electron chi connectivity index (χ1n) is 10.8. The van der Waals surface area contributed by atoms with Gasteiger partial charge in [-0.2, -0.15) is 5.10 Å². The van der Waals surface area contributed by atoms with Gasteiger partial charge in [0.25, 0.3) is 5.91 Å². The lowest BCUT2D eigenvalue weighted by Crippen LogP contribution is -2.32. The third kappa shape index (κ3) is 4.40. The molecular weight excluding hydrogens is 443 g/mol. The Balaban J connectivity index is 1.65. The van der Waals surface area contributed by atoms with Crippen molar-refractivity contribution >= 4 is 39.8 Å². The molecule has 1 amide bonds. The van der Waals surface area contributed by atoms with E-state index in [-0.39, 0.29) is 10.9 Å². The third-order valence-corrected chi connectivity index (χ3v) is 5.96. The summed E-state index contributed by atoms with van der Waals surface area (Å²) in [5.41, 5.74) is 4.47. The Morgan fingerprint density at radius 2 is 1.94 bits per heavy atom. The van der Waals surface area contributed by atoms with Crippen molar-refractivity contribution in [3.05, 3.63) is 71.3 Å². The van der Waals surface area contributed by atoms with Gasteiger partial charge in [0.1, 0.15) is 11.5 Å². The summed E-state index contributed by atoms with van der Waals surface area (Å²) in [6.07, 6.45) is 2.55. The zero-order chi connectivity index (χ0) is 22.8. The van der Waals surface area contributed by atoms with E-state index in [0.29, 0.717) is 31.0 Å². The number of aromatic amines is 1. The molecule has 0 atom stereocenters. The molecule has 3 heterocycles. The lowest BCUT2D eigenvalue weighted by molar-refractivity contribution is 0.0948. The molecule has 0 unspecified atom stereocenters. The second-order valence-electron chi connectivity index (χ2n) is 7.84. The number of hydrogen-bond donors (Lipinski definition) is 3. The zero-order valence-corrected chi connectivity index (χ0v) is 18.5. The van der Waals surface area contributed by atoms with Gasteiger partial charge in [-0.15, -0.1) is 0 Å². The number of halogens is 2. The molecule has 0 aliphatic carbocycles. The number of benzene rings is 2. The van der Waals surface area contributed by atoms with E-state index < -0.39 is 5.82 Å². The minimum Gasteiger partial charge on any atom is -0.351 e. The Morgan fingerprint density at radius 1 is 1.03 bits per heavy atom. The molecule has 0 fully saturated rings. The largest absolute Gasteiger partial charge is 0.351 e. The highest BCUT2D eigenvalue weighted by atomic mass is 35.5. The SMILES string of the molecule is O=C1NCCCNCCN(c2ccc(F)c(Cl)c2)c2ccnc3ccc(cc23)-c2cc1[nH]n2. The van der Waals surface area contributed by atoms with Crippen LogP contribution in [0.5, 0.6) is 0 Å². The number of carbonyl (C=O) groups excluding carboxylic acids is 1. The average molecular weight is 465 g/mol. The Bertz CT molecular complexity index is 1320. The van der Waals surface area contributed by atoms with E-state index in [2.05, 4.69) is 30.7 Å². The molecule has 0 radical (unpaired) electrons. The monoisotopic (exact) mass is 464 g/mol. The first-order valence-corrected chi connectivity index (χ1v) is 11.1. The van der Waals surface area contributed by atoms with Crippen molar-refractivity contribution in [2.75, 3.05) is 31.1 Å². The van der Waals surface area contributed by atoms with E-state index in [1.165, 1.54) is 6.07 Å². The van der Waals surface area contributed by atoms with Gasteiger partial charge in [-0.3, -0.25) is 14.9 Å². The van der Waals surface area contributed by atoms with Crippen LogP contribution in [0.15, 0.2) is 54.7 Å². The topological polar surface area (TPSA) is 85.9 Å². The van der Waals surface area contributed by atoms with Crippen molar-refractivity contribution in [2.24, 2.45) is 0 Å². The van der Waals surface area contributed by atoms with Gasteiger partial charge < -0.3 is 15.5 Å². The Hall–Kier alpha value is -3.49. The smallest absolute Gasteiger partial charge is 0.269 e. The maximum atomic E-state index is 13.9. The molecule has 3 N–H and O–H groups in total. The van der Waals surface area contributed by atoms with Gasteiger partial charge in [-0.05, 0) is 55.4 Å². The van der Waals surface area contributed by atoms with Crippen LogP contribution in [-0.4, -0.2) is 47.3 Å². The number of fused-ring (bicyclic) bond motifs is 4. The molecule has 9 heteroatoms. The number of H-pyrrole nitrogens is 1. The van der Waals surface area contributed by atoms with Crippen molar-refractivity contribution in [1.29, 1.82) is 0 Å². The number of rotatable bonds is 1. The highest BCUT2D eigenvalue weighted by Crippen LogP contribution is 2.35. The number of nitrogens with zero attached hydrogens (tertiary/aromatic N) is 3. The van der Waals surface area contributed by atoms with E-state index >= 15 is 0 Å². The van der Waals surface area contributed by atoms with Crippen LogP contribution >= 0.6 is 11.6 Å². The second kappa shape index (κ2) is 9.17. The van der Waals surface area contributed by atoms with E-state index in [9.17, 15) is 9.18 Å². The number of hydrogen-bond acceptors (Lipinski definition) is 5. The van der Waals surface area contributed by atoms with Crippen LogP contribution < -0.4 is 15.5 Å².